The summed E-state index contributed by atoms with van der Waals surface area (Å²) in [4.78, 5) is 21.9. The highest BCUT2D eigenvalue weighted by Gasteiger charge is 2.25. The van der Waals surface area contributed by atoms with Crippen LogP contribution in [0.2, 0.25) is 5.02 Å². The Bertz CT molecular complexity index is 1000. The highest BCUT2D eigenvalue weighted by molar-refractivity contribution is 6.30. The number of amides is 1. The van der Waals surface area contributed by atoms with Crippen LogP contribution in [0.1, 0.15) is 21.7 Å². The van der Waals surface area contributed by atoms with Gasteiger partial charge in [0.05, 0.1) is 5.69 Å². The van der Waals surface area contributed by atoms with Crippen molar-refractivity contribution >= 4 is 29.2 Å². The number of benzene rings is 1. The van der Waals surface area contributed by atoms with Crippen molar-refractivity contribution in [3.8, 4) is 0 Å². The summed E-state index contributed by atoms with van der Waals surface area (Å²) in [5.41, 5.74) is 3.28. The molecular formula is C22H23ClN4O. The van der Waals surface area contributed by atoms with Crippen molar-refractivity contribution in [1.82, 2.24) is 19.2 Å². The van der Waals surface area contributed by atoms with Crippen LogP contribution in [0.4, 0.5) is 0 Å². The number of aromatic nitrogens is 2. The highest BCUT2D eigenvalue weighted by atomic mass is 35.5. The molecule has 0 atom stereocenters. The maximum absolute atomic E-state index is 13.1. The van der Waals surface area contributed by atoms with Crippen LogP contribution in [-0.4, -0.2) is 57.8 Å². The van der Waals surface area contributed by atoms with E-state index in [4.69, 9.17) is 11.6 Å². The molecule has 0 aliphatic carbocycles. The summed E-state index contributed by atoms with van der Waals surface area (Å²) in [6.45, 7) is 5.94. The third-order valence-electron chi connectivity index (χ3n) is 5.10. The topological polar surface area (TPSA) is 40.9 Å². The summed E-state index contributed by atoms with van der Waals surface area (Å²) < 4.78 is 1.83. The average Bonchev–Trinajstić information content (AvgIpc) is 3.03. The molecule has 28 heavy (non-hydrogen) atoms. The number of aryl methyl sites for hydroxylation is 1. The van der Waals surface area contributed by atoms with Crippen LogP contribution in [0.15, 0.2) is 54.7 Å². The smallest absolute Gasteiger partial charge is 0.272 e. The number of halogens is 1. The Labute approximate surface area is 169 Å². The second kappa shape index (κ2) is 8.17. The number of hydrogen-bond acceptors (Lipinski definition) is 3. The monoisotopic (exact) mass is 394 g/mol. The quantitative estimate of drug-likeness (QED) is 0.676. The van der Waals surface area contributed by atoms with Crippen molar-refractivity contribution in [3.05, 3.63) is 76.7 Å². The molecule has 0 bridgehead atoms. The minimum atomic E-state index is 0.0341. The van der Waals surface area contributed by atoms with Gasteiger partial charge in [-0.2, -0.15) is 0 Å². The predicted octanol–water partition coefficient (Wildman–Crippen LogP) is 3.77. The van der Waals surface area contributed by atoms with E-state index in [1.54, 1.807) is 12.1 Å². The molecule has 1 fully saturated rings. The van der Waals surface area contributed by atoms with Gasteiger partial charge in [0.15, 0.2) is 0 Å². The zero-order valence-corrected chi connectivity index (χ0v) is 16.6. The van der Waals surface area contributed by atoms with Crippen molar-refractivity contribution in [3.63, 3.8) is 0 Å². The Morgan fingerprint density at radius 1 is 1.14 bits per heavy atom. The van der Waals surface area contributed by atoms with Crippen molar-refractivity contribution in [2.24, 2.45) is 0 Å². The van der Waals surface area contributed by atoms with Gasteiger partial charge in [0.25, 0.3) is 5.91 Å². The van der Waals surface area contributed by atoms with Crippen LogP contribution in [0.3, 0.4) is 0 Å². The van der Waals surface area contributed by atoms with Crippen LogP contribution in [0.5, 0.6) is 0 Å². The Kier molecular flexibility index (Phi) is 5.46. The molecule has 1 aliphatic heterocycles. The van der Waals surface area contributed by atoms with Gasteiger partial charge in [0, 0.05) is 50.0 Å². The predicted molar refractivity (Wildman–Crippen MR) is 113 cm³/mol. The number of piperazine rings is 1. The first-order chi connectivity index (χ1) is 13.6. The van der Waals surface area contributed by atoms with E-state index in [-0.39, 0.29) is 5.91 Å². The summed E-state index contributed by atoms with van der Waals surface area (Å²) in [6.07, 6.45) is 6.14. The molecule has 1 aromatic carbocycles. The maximum atomic E-state index is 13.1. The maximum Gasteiger partial charge on any atom is 0.272 e. The molecule has 1 saturated heterocycles. The lowest BCUT2D eigenvalue weighted by Gasteiger charge is -2.34. The van der Waals surface area contributed by atoms with Gasteiger partial charge in [-0.1, -0.05) is 54.1 Å². The van der Waals surface area contributed by atoms with Gasteiger partial charge in [-0.25, -0.2) is 4.98 Å². The second-order valence-corrected chi connectivity index (χ2v) is 7.46. The lowest BCUT2D eigenvalue weighted by atomic mass is 10.2. The number of rotatable bonds is 4. The normalized spacial score (nSPS) is 15.6. The van der Waals surface area contributed by atoms with E-state index in [1.807, 2.05) is 40.6 Å². The van der Waals surface area contributed by atoms with E-state index < -0.39 is 0 Å². The van der Waals surface area contributed by atoms with Crippen LogP contribution >= 0.6 is 11.6 Å². The molecule has 6 heteroatoms. The third-order valence-corrected chi connectivity index (χ3v) is 5.33. The fraction of sp³-hybridized carbons (Fsp3) is 0.273. The van der Waals surface area contributed by atoms with E-state index in [0.29, 0.717) is 16.4 Å². The summed E-state index contributed by atoms with van der Waals surface area (Å²) in [5, 5.41) is 0.619. The summed E-state index contributed by atoms with van der Waals surface area (Å²) in [6, 6.07) is 13.9. The van der Waals surface area contributed by atoms with Gasteiger partial charge in [-0.3, -0.25) is 14.1 Å². The van der Waals surface area contributed by atoms with Crippen molar-refractivity contribution in [2.45, 2.75) is 6.92 Å². The van der Waals surface area contributed by atoms with E-state index in [0.717, 1.165) is 38.4 Å². The fourth-order valence-electron chi connectivity index (χ4n) is 3.58. The first-order valence-corrected chi connectivity index (χ1v) is 9.87. The molecule has 3 aromatic rings. The zero-order valence-electron chi connectivity index (χ0n) is 15.9. The van der Waals surface area contributed by atoms with E-state index >= 15 is 0 Å². The first kappa shape index (κ1) is 18.7. The SMILES string of the molecule is Cc1nc2cc(Cl)ccn2c1C(=O)N1CCN(C/C=C/c2ccccc2)CC1. The first-order valence-electron chi connectivity index (χ1n) is 9.49. The minimum Gasteiger partial charge on any atom is -0.335 e. The minimum absolute atomic E-state index is 0.0341. The largest absolute Gasteiger partial charge is 0.335 e. The number of imidazole rings is 1. The van der Waals surface area contributed by atoms with E-state index in [9.17, 15) is 4.79 Å². The van der Waals surface area contributed by atoms with Crippen LogP contribution in [0, 0.1) is 6.92 Å². The molecule has 3 heterocycles. The second-order valence-electron chi connectivity index (χ2n) is 7.02. The van der Waals surface area contributed by atoms with Crippen molar-refractivity contribution in [1.29, 1.82) is 0 Å². The molecule has 2 aromatic heterocycles. The Morgan fingerprint density at radius 2 is 1.89 bits per heavy atom. The Morgan fingerprint density at radius 3 is 2.64 bits per heavy atom. The zero-order chi connectivity index (χ0) is 19.5. The lowest BCUT2D eigenvalue weighted by Crippen LogP contribution is -2.49. The molecule has 1 aliphatic rings. The van der Waals surface area contributed by atoms with Crippen LogP contribution in [-0.2, 0) is 0 Å². The third kappa shape index (κ3) is 3.96. The number of hydrogen-bond donors (Lipinski definition) is 0. The number of pyridine rings is 1. The van der Waals surface area contributed by atoms with Crippen LogP contribution in [0.25, 0.3) is 11.7 Å². The highest BCUT2D eigenvalue weighted by Crippen LogP contribution is 2.19. The van der Waals surface area contributed by atoms with E-state index in [1.165, 1.54) is 5.56 Å². The fourth-order valence-corrected chi connectivity index (χ4v) is 3.73. The van der Waals surface area contributed by atoms with E-state index in [2.05, 4.69) is 34.2 Å². The summed E-state index contributed by atoms with van der Waals surface area (Å²) in [5.74, 6) is 0.0341. The van der Waals surface area contributed by atoms with Crippen molar-refractivity contribution < 1.29 is 4.79 Å². The average molecular weight is 395 g/mol. The standard InChI is InChI=1S/C22H23ClN4O/c1-17-21(27-11-9-19(23)16-20(27)24-17)22(28)26-14-12-25(13-15-26)10-5-8-18-6-3-2-4-7-18/h2-9,11,16H,10,12-15H2,1H3/b8-5+. The molecule has 144 valence electrons. The molecular weight excluding hydrogens is 372 g/mol. The van der Waals surface area contributed by atoms with Crippen LogP contribution < -0.4 is 0 Å². The Hall–Kier alpha value is -2.63. The van der Waals surface area contributed by atoms with Gasteiger partial charge < -0.3 is 4.90 Å². The number of carbonyl (C=O) groups excluding carboxylic acids is 1. The van der Waals surface area contributed by atoms with Gasteiger partial charge in [0.1, 0.15) is 11.3 Å². The molecule has 0 spiro atoms. The van der Waals surface area contributed by atoms with Gasteiger partial charge >= 0.3 is 0 Å². The van der Waals surface area contributed by atoms with Gasteiger partial charge in [-0.15, -0.1) is 0 Å². The van der Waals surface area contributed by atoms with Crippen molar-refractivity contribution in [2.75, 3.05) is 32.7 Å². The van der Waals surface area contributed by atoms with Gasteiger partial charge in [0.2, 0.25) is 0 Å². The summed E-state index contributed by atoms with van der Waals surface area (Å²) >= 11 is 6.05. The molecule has 0 unspecified atom stereocenters. The molecule has 0 saturated carbocycles. The molecule has 0 radical (unpaired) electrons. The number of nitrogens with zero attached hydrogens (tertiary/aromatic N) is 4. The number of fused-ring (bicyclic) bond motifs is 1. The summed E-state index contributed by atoms with van der Waals surface area (Å²) in [7, 11) is 0. The molecule has 5 nitrogen and oxygen atoms in total. The Balaban J connectivity index is 1.38. The molecule has 4 rings (SSSR count). The number of carbonyl (C=O) groups is 1. The molecule has 1 amide bonds. The molecule has 0 N–H and O–H groups in total. The lowest BCUT2D eigenvalue weighted by molar-refractivity contribution is 0.0642. The van der Waals surface area contributed by atoms with Gasteiger partial charge in [-0.05, 0) is 18.6 Å².